The van der Waals surface area contributed by atoms with E-state index in [2.05, 4.69) is 39.5 Å². The minimum absolute atomic E-state index is 0.811. The summed E-state index contributed by atoms with van der Waals surface area (Å²) >= 11 is 0. The van der Waals surface area contributed by atoms with Crippen molar-refractivity contribution in [2.75, 3.05) is 43.4 Å². The molecule has 1 fully saturated rings. The Kier molecular flexibility index (Phi) is 5.39. The summed E-state index contributed by atoms with van der Waals surface area (Å²) in [6.07, 6.45) is 5.52. The van der Waals surface area contributed by atoms with E-state index in [1.54, 1.807) is 6.33 Å². The fourth-order valence-electron chi connectivity index (χ4n) is 2.49. The molecule has 0 aliphatic carbocycles. The van der Waals surface area contributed by atoms with E-state index in [0.29, 0.717) is 0 Å². The molecule has 0 spiro atoms. The predicted octanol–water partition coefficient (Wildman–Crippen LogP) is 1.73. The highest BCUT2D eigenvalue weighted by molar-refractivity contribution is 5.47. The number of rotatable bonds is 6. The van der Waals surface area contributed by atoms with Gasteiger partial charge in [0, 0.05) is 26.2 Å². The molecule has 1 aromatic rings. The molecule has 0 aromatic carbocycles. The molecule has 0 bridgehead atoms. The fourth-order valence-corrected chi connectivity index (χ4v) is 2.49. The van der Waals surface area contributed by atoms with Crippen LogP contribution >= 0.6 is 0 Å². The SMILES string of the molecule is CCNc1cc(N(C)CCC2CCCNC2)ncn1. The molecule has 0 radical (unpaired) electrons. The van der Waals surface area contributed by atoms with Gasteiger partial charge in [-0.15, -0.1) is 0 Å². The van der Waals surface area contributed by atoms with Crippen molar-refractivity contribution in [2.45, 2.75) is 26.2 Å². The van der Waals surface area contributed by atoms with E-state index in [1.807, 2.05) is 6.07 Å². The van der Waals surface area contributed by atoms with Gasteiger partial charge in [0.2, 0.25) is 0 Å². The van der Waals surface area contributed by atoms with E-state index in [1.165, 1.54) is 32.4 Å². The van der Waals surface area contributed by atoms with Gasteiger partial charge in [-0.3, -0.25) is 0 Å². The first-order valence-corrected chi connectivity index (χ1v) is 7.27. The Hall–Kier alpha value is -1.36. The van der Waals surface area contributed by atoms with E-state index < -0.39 is 0 Å². The first-order valence-electron chi connectivity index (χ1n) is 7.27. The molecule has 1 unspecified atom stereocenters. The van der Waals surface area contributed by atoms with Gasteiger partial charge in [-0.2, -0.15) is 0 Å². The summed E-state index contributed by atoms with van der Waals surface area (Å²) in [5.74, 6) is 2.71. The van der Waals surface area contributed by atoms with Crippen LogP contribution in [0.15, 0.2) is 12.4 Å². The third-order valence-electron chi connectivity index (χ3n) is 3.67. The molecule has 2 N–H and O–H groups in total. The molecule has 1 atom stereocenters. The van der Waals surface area contributed by atoms with Crippen LogP contribution < -0.4 is 15.5 Å². The van der Waals surface area contributed by atoms with Crippen LogP contribution in [0.4, 0.5) is 11.6 Å². The molecule has 1 aliphatic heterocycles. The Morgan fingerprint density at radius 2 is 2.37 bits per heavy atom. The van der Waals surface area contributed by atoms with Crippen LogP contribution in [0, 0.1) is 5.92 Å². The Morgan fingerprint density at radius 3 is 3.11 bits per heavy atom. The summed E-state index contributed by atoms with van der Waals surface area (Å²) in [5, 5.41) is 6.69. The molecule has 1 saturated heterocycles. The molecular formula is C14H25N5. The van der Waals surface area contributed by atoms with Crippen molar-refractivity contribution in [2.24, 2.45) is 5.92 Å². The number of piperidine rings is 1. The van der Waals surface area contributed by atoms with Gasteiger partial charge in [0.25, 0.3) is 0 Å². The maximum Gasteiger partial charge on any atom is 0.133 e. The molecule has 106 valence electrons. The maximum absolute atomic E-state index is 4.34. The first-order chi connectivity index (χ1) is 9.29. The molecule has 5 heteroatoms. The molecule has 2 heterocycles. The summed E-state index contributed by atoms with van der Waals surface area (Å²) in [6, 6.07) is 2.02. The molecule has 19 heavy (non-hydrogen) atoms. The lowest BCUT2D eigenvalue weighted by atomic mass is 9.96. The number of nitrogens with zero attached hydrogens (tertiary/aromatic N) is 3. The van der Waals surface area contributed by atoms with Gasteiger partial charge < -0.3 is 15.5 Å². The van der Waals surface area contributed by atoms with E-state index in [-0.39, 0.29) is 0 Å². The summed E-state index contributed by atoms with van der Waals surface area (Å²) in [4.78, 5) is 10.8. The quantitative estimate of drug-likeness (QED) is 0.818. The van der Waals surface area contributed by atoms with Crippen LogP contribution in [-0.2, 0) is 0 Å². The van der Waals surface area contributed by atoms with Gasteiger partial charge in [-0.25, -0.2) is 9.97 Å². The van der Waals surface area contributed by atoms with Crippen LogP contribution in [0.5, 0.6) is 0 Å². The van der Waals surface area contributed by atoms with Gasteiger partial charge in [0.1, 0.15) is 18.0 Å². The van der Waals surface area contributed by atoms with E-state index >= 15 is 0 Å². The van der Waals surface area contributed by atoms with Crippen LogP contribution in [0.1, 0.15) is 26.2 Å². The highest BCUT2D eigenvalue weighted by Gasteiger charge is 2.14. The number of anilines is 2. The number of nitrogens with one attached hydrogen (secondary N) is 2. The van der Waals surface area contributed by atoms with E-state index in [0.717, 1.165) is 30.6 Å². The smallest absolute Gasteiger partial charge is 0.133 e. The highest BCUT2D eigenvalue weighted by Crippen LogP contribution is 2.17. The van der Waals surface area contributed by atoms with Gasteiger partial charge in [0.05, 0.1) is 0 Å². The molecule has 1 aromatic heterocycles. The minimum atomic E-state index is 0.811. The summed E-state index contributed by atoms with van der Waals surface area (Å²) in [5.41, 5.74) is 0. The Bertz CT molecular complexity index is 376. The molecule has 5 nitrogen and oxygen atoms in total. The Balaban J connectivity index is 1.84. The van der Waals surface area contributed by atoms with E-state index in [9.17, 15) is 0 Å². The summed E-state index contributed by atoms with van der Waals surface area (Å²) in [7, 11) is 2.11. The molecule has 1 aliphatic rings. The first kappa shape index (κ1) is 14.1. The third-order valence-corrected chi connectivity index (χ3v) is 3.67. The zero-order valence-corrected chi connectivity index (χ0v) is 12.0. The molecule has 0 amide bonds. The largest absolute Gasteiger partial charge is 0.370 e. The van der Waals surface area contributed by atoms with Crippen molar-refractivity contribution in [1.82, 2.24) is 15.3 Å². The monoisotopic (exact) mass is 263 g/mol. The zero-order valence-electron chi connectivity index (χ0n) is 12.0. The Morgan fingerprint density at radius 1 is 1.47 bits per heavy atom. The van der Waals surface area contributed by atoms with Gasteiger partial charge in [-0.1, -0.05) is 0 Å². The number of hydrogen-bond acceptors (Lipinski definition) is 5. The zero-order chi connectivity index (χ0) is 13.5. The van der Waals surface area contributed by atoms with Gasteiger partial charge in [0.15, 0.2) is 0 Å². The average Bonchev–Trinajstić information content (AvgIpc) is 2.46. The van der Waals surface area contributed by atoms with Gasteiger partial charge >= 0.3 is 0 Å². The van der Waals surface area contributed by atoms with E-state index in [4.69, 9.17) is 0 Å². The van der Waals surface area contributed by atoms with Crippen molar-refractivity contribution < 1.29 is 0 Å². The summed E-state index contributed by atoms with van der Waals surface area (Å²) < 4.78 is 0. The van der Waals surface area contributed by atoms with Crippen molar-refractivity contribution in [3.8, 4) is 0 Å². The lowest BCUT2D eigenvalue weighted by molar-refractivity contribution is 0.360. The predicted molar refractivity (Wildman–Crippen MR) is 79.7 cm³/mol. The van der Waals surface area contributed by atoms with Crippen LogP contribution in [-0.4, -0.2) is 43.2 Å². The Labute approximate surface area is 115 Å². The standard InChI is InChI=1S/C14H25N5/c1-3-16-13-9-14(18-11-17-13)19(2)8-6-12-5-4-7-15-10-12/h9,11-12,15H,3-8,10H2,1-2H3,(H,16,17,18). The summed E-state index contributed by atoms with van der Waals surface area (Å²) in [6.45, 7) is 6.36. The van der Waals surface area contributed by atoms with Gasteiger partial charge in [-0.05, 0) is 45.2 Å². The highest BCUT2D eigenvalue weighted by atomic mass is 15.2. The third kappa shape index (κ3) is 4.35. The lowest BCUT2D eigenvalue weighted by Crippen LogP contribution is -2.32. The fraction of sp³-hybridized carbons (Fsp3) is 0.714. The normalized spacial score (nSPS) is 19.2. The van der Waals surface area contributed by atoms with Crippen LogP contribution in [0.25, 0.3) is 0 Å². The second-order valence-electron chi connectivity index (χ2n) is 5.21. The van der Waals surface area contributed by atoms with Crippen molar-refractivity contribution in [1.29, 1.82) is 0 Å². The molecular weight excluding hydrogens is 238 g/mol. The molecule has 2 rings (SSSR count). The lowest BCUT2D eigenvalue weighted by Gasteiger charge is -2.25. The second-order valence-corrected chi connectivity index (χ2v) is 5.21. The second kappa shape index (κ2) is 7.28. The topological polar surface area (TPSA) is 53.1 Å². The minimum Gasteiger partial charge on any atom is -0.370 e. The number of hydrogen-bond donors (Lipinski definition) is 2. The molecule has 0 saturated carbocycles. The van der Waals surface area contributed by atoms with Crippen LogP contribution in [0.2, 0.25) is 0 Å². The number of aromatic nitrogens is 2. The van der Waals surface area contributed by atoms with Crippen LogP contribution in [0.3, 0.4) is 0 Å². The maximum atomic E-state index is 4.34. The van der Waals surface area contributed by atoms with Crippen molar-refractivity contribution in [3.63, 3.8) is 0 Å². The van der Waals surface area contributed by atoms with Crippen molar-refractivity contribution >= 4 is 11.6 Å². The average molecular weight is 263 g/mol. The van der Waals surface area contributed by atoms with Crippen molar-refractivity contribution in [3.05, 3.63) is 12.4 Å².